The highest BCUT2D eigenvalue weighted by Gasteiger charge is 2.28. The fourth-order valence-corrected chi connectivity index (χ4v) is 4.31. The molecule has 0 heterocycles. The summed E-state index contributed by atoms with van der Waals surface area (Å²) in [4.78, 5) is 0.229. The highest BCUT2D eigenvalue weighted by Crippen LogP contribution is 2.29. The van der Waals surface area contributed by atoms with Gasteiger partial charge in [-0.1, -0.05) is 25.7 Å². The van der Waals surface area contributed by atoms with Crippen LogP contribution in [0.4, 0.5) is 5.69 Å². The van der Waals surface area contributed by atoms with E-state index < -0.39 is 10.0 Å². The van der Waals surface area contributed by atoms with Crippen molar-refractivity contribution >= 4 is 15.7 Å². The Morgan fingerprint density at radius 3 is 2.33 bits per heavy atom. The molecule has 2 N–H and O–H groups in total. The van der Waals surface area contributed by atoms with E-state index in [4.69, 9.17) is 10.5 Å². The van der Waals surface area contributed by atoms with Crippen LogP contribution in [-0.4, -0.2) is 32.9 Å². The Morgan fingerprint density at radius 1 is 1.19 bits per heavy atom. The molecule has 2 rings (SSSR count). The normalized spacial score (nSPS) is 17.7. The van der Waals surface area contributed by atoms with E-state index in [0.717, 1.165) is 25.7 Å². The standard InChI is InChI=1S/C15H24N2O3S/c1-17(12-7-5-3-4-6-8-12)21(18,19)13-9-10-15(20-2)14(16)11-13/h9-12H,3-8,16H2,1-2H3. The minimum absolute atomic E-state index is 0.0841. The Kier molecular flexibility index (Phi) is 5.11. The smallest absolute Gasteiger partial charge is 0.243 e. The van der Waals surface area contributed by atoms with Crippen molar-refractivity contribution in [1.29, 1.82) is 0 Å². The quantitative estimate of drug-likeness (QED) is 0.685. The van der Waals surface area contributed by atoms with Crippen LogP contribution in [-0.2, 0) is 10.0 Å². The van der Waals surface area contributed by atoms with E-state index in [1.54, 1.807) is 19.2 Å². The Bertz CT molecular complexity index is 579. The second kappa shape index (κ2) is 6.66. The Balaban J connectivity index is 2.25. The molecule has 0 saturated heterocycles. The molecule has 0 radical (unpaired) electrons. The van der Waals surface area contributed by atoms with E-state index in [2.05, 4.69) is 0 Å². The van der Waals surface area contributed by atoms with Crippen molar-refractivity contribution in [3.63, 3.8) is 0 Å². The summed E-state index contributed by atoms with van der Waals surface area (Å²) < 4.78 is 32.0. The van der Waals surface area contributed by atoms with E-state index in [-0.39, 0.29) is 10.9 Å². The summed E-state index contributed by atoms with van der Waals surface area (Å²) in [5.41, 5.74) is 6.16. The van der Waals surface area contributed by atoms with E-state index >= 15 is 0 Å². The SMILES string of the molecule is COc1ccc(S(=O)(=O)N(C)C2CCCCCC2)cc1N. The van der Waals surface area contributed by atoms with Crippen molar-refractivity contribution in [1.82, 2.24) is 4.31 Å². The Labute approximate surface area is 127 Å². The van der Waals surface area contributed by atoms with Gasteiger partial charge >= 0.3 is 0 Å². The van der Waals surface area contributed by atoms with Gasteiger partial charge in [-0.3, -0.25) is 0 Å². The monoisotopic (exact) mass is 312 g/mol. The zero-order valence-electron chi connectivity index (χ0n) is 12.7. The third-order valence-electron chi connectivity index (χ3n) is 4.22. The van der Waals surface area contributed by atoms with Crippen molar-refractivity contribution < 1.29 is 13.2 Å². The molecule has 0 bridgehead atoms. The van der Waals surface area contributed by atoms with Gasteiger partial charge in [-0.15, -0.1) is 0 Å². The number of hydrogen-bond acceptors (Lipinski definition) is 4. The number of nitrogens with two attached hydrogens (primary N) is 1. The van der Waals surface area contributed by atoms with Crippen LogP contribution < -0.4 is 10.5 Å². The largest absolute Gasteiger partial charge is 0.495 e. The van der Waals surface area contributed by atoms with Crippen LogP contribution in [0.15, 0.2) is 23.1 Å². The van der Waals surface area contributed by atoms with E-state index in [1.165, 1.54) is 30.3 Å². The number of benzene rings is 1. The number of methoxy groups -OCH3 is 1. The lowest BCUT2D eigenvalue weighted by atomic mass is 10.1. The maximum Gasteiger partial charge on any atom is 0.243 e. The maximum atomic E-state index is 12.7. The van der Waals surface area contributed by atoms with Gasteiger partial charge in [0.2, 0.25) is 10.0 Å². The van der Waals surface area contributed by atoms with Gasteiger partial charge in [-0.2, -0.15) is 4.31 Å². The van der Waals surface area contributed by atoms with Crippen LogP contribution in [0.2, 0.25) is 0 Å². The molecule has 1 fully saturated rings. The first-order chi connectivity index (χ1) is 9.96. The van der Waals surface area contributed by atoms with Gasteiger partial charge in [0.15, 0.2) is 0 Å². The first-order valence-electron chi connectivity index (χ1n) is 7.38. The number of rotatable bonds is 4. The Morgan fingerprint density at radius 2 is 1.81 bits per heavy atom. The van der Waals surface area contributed by atoms with Gasteiger partial charge in [0.1, 0.15) is 5.75 Å². The summed E-state index contributed by atoms with van der Waals surface area (Å²) in [5.74, 6) is 0.492. The Hall–Kier alpha value is -1.27. The minimum Gasteiger partial charge on any atom is -0.495 e. The minimum atomic E-state index is -3.50. The fraction of sp³-hybridized carbons (Fsp3) is 0.600. The predicted molar refractivity (Wildman–Crippen MR) is 83.8 cm³/mol. The summed E-state index contributed by atoms with van der Waals surface area (Å²) in [6.07, 6.45) is 6.44. The second-order valence-electron chi connectivity index (χ2n) is 5.57. The molecule has 1 saturated carbocycles. The fourth-order valence-electron chi connectivity index (χ4n) is 2.86. The summed E-state index contributed by atoms with van der Waals surface area (Å²) >= 11 is 0. The molecular weight excluding hydrogens is 288 g/mol. The first kappa shape index (κ1) is 16.1. The van der Waals surface area contributed by atoms with E-state index in [0.29, 0.717) is 11.4 Å². The molecule has 1 aliphatic carbocycles. The van der Waals surface area contributed by atoms with Gasteiger partial charge in [-0.05, 0) is 31.0 Å². The summed E-state index contributed by atoms with van der Waals surface area (Å²) in [7, 11) is -0.321. The van der Waals surface area contributed by atoms with Crippen LogP contribution in [0.25, 0.3) is 0 Å². The number of hydrogen-bond donors (Lipinski definition) is 1. The van der Waals surface area contributed by atoms with Gasteiger partial charge < -0.3 is 10.5 Å². The number of ether oxygens (including phenoxy) is 1. The van der Waals surface area contributed by atoms with Crippen LogP contribution >= 0.6 is 0 Å². The molecular formula is C15H24N2O3S. The molecule has 1 aliphatic rings. The molecule has 6 heteroatoms. The lowest BCUT2D eigenvalue weighted by Crippen LogP contribution is -2.36. The summed E-state index contributed by atoms with van der Waals surface area (Å²) in [5, 5.41) is 0. The maximum absolute atomic E-state index is 12.7. The molecule has 1 aromatic rings. The number of sulfonamides is 1. The van der Waals surface area contributed by atoms with Gasteiger partial charge in [0, 0.05) is 13.1 Å². The zero-order chi connectivity index (χ0) is 15.5. The summed E-state index contributed by atoms with van der Waals surface area (Å²) in [6.45, 7) is 0. The average molecular weight is 312 g/mol. The van der Waals surface area contributed by atoms with Crippen molar-refractivity contribution in [2.75, 3.05) is 19.9 Å². The number of anilines is 1. The summed E-state index contributed by atoms with van der Waals surface area (Å²) in [6, 6.07) is 4.71. The van der Waals surface area contributed by atoms with Gasteiger partial charge in [0.25, 0.3) is 0 Å². The molecule has 0 atom stereocenters. The zero-order valence-corrected chi connectivity index (χ0v) is 13.5. The van der Waals surface area contributed by atoms with Crippen molar-refractivity contribution in [3.8, 4) is 5.75 Å². The van der Waals surface area contributed by atoms with Crippen molar-refractivity contribution in [2.24, 2.45) is 0 Å². The molecule has 21 heavy (non-hydrogen) atoms. The third kappa shape index (κ3) is 3.49. The predicted octanol–water partition coefficient (Wildman–Crippen LogP) is 2.62. The third-order valence-corrected chi connectivity index (χ3v) is 6.12. The number of nitrogens with zero attached hydrogens (tertiary/aromatic N) is 1. The molecule has 0 aromatic heterocycles. The number of nitrogen functional groups attached to an aromatic ring is 1. The molecule has 118 valence electrons. The topological polar surface area (TPSA) is 72.6 Å². The second-order valence-corrected chi connectivity index (χ2v) is 7.57. The molecule has 0 unspecified atom stereocenters. The van der Waals surface area contributed by atoms with E-state index in [1.807, 2.05) is 0 Å². The van der Waals surface area contributed by atoms with Gasteiger partial charge in [0.05, 0.1) is 17.7 Å². The molecule has 1 aromatic carbocycles. The van der Waals surface area contributed by atoms with Crippen LogP contribution in [0.5, 0.6) is 5.75 Å². The highest BCUT2D eigenvalue weighted by atomic mass is 32.2. The lowest BCUT2D eigenvalue weighted by Gasteiger charge is -2.26. The van der Waals surface area contributed by atoms with Crippen LogP contribution in [0.3, 0.4) is 0 Å². The van der Waals surface area contributed by atoms with E-state index in [9.17, 15) is 8.42 Å². The van der Waals surface area contributed by atoms with Crippen molar-refractivity contribution in [2.45, 2.75) is 49.5 Å². The molecule has 0 amide bonds. The highest BCUT2D eigenvalue weighted by molar-refractivity contribution is 7.89. The molecule has 5 nitrogen and oxygen atoms in total. The average Bonchev–Trinajstić information content (AvgIpc) is 2.75. The van der Waals surface area contributed by atoms with Crippen molar-refractivity contribution in [3.05, 3.63) is 18.2 Å². The molecule has 0 spiro atoms. The van der Waals surface area contributed by atoms with Gasteiger partial charge in [-0.25, -0.2) is 8.42 Å². The first-order valence-corrected chi connectivity index (χ1v) is 8.82. The van der Waals surface area contributed by atoms with Crippen LogP contribution in [0.1, 0.15) is 38.5 Å². The van der Waals surface area contributed by atoms with Crippen LogP contribution in [0, 0.1) is 0 Å². The molecule has 0 aliphatic heterocycles. The lowest BCUT2D eigenvalue weighted by molar-refractivity contribution is 0.335.